The standard InChI is InChI=1S/C16H31NO3/c1-4-6-7-8-9-10-11-12-15(18)17(3)14-13-16(19)20-5-2/h4-14H2,1-3H3. The van der Waals surface area contributed by atoms with Gasteiger partial charge in [0.2, 0.25) is 5.91 Å². The van der Waals surface area contributed by atoms with Crippen LogP contribution in [0.25, 0.3) is 0 Å². The Hall–Kier alpha value is -1.06. The van der Waals surface area contributed by atoms with Gasteiger partial charge >= 0.3 is 5.97 Å². The summed E-state index contributed by atoms with van der Waals surface area (Å²) in [6.45, 7) is 4.85. The van der Waals surface area contributed by atoms with E-state index in [4.69, 9.17) is 4.74 Å². The topological polar surface area (TPSA) is 46.6 Å². The van der Waals surface area contributed by atoms with Gasteiger partial charge in [-0.25, -0.2) is 0 Å². The third-order valence-corrected chi connectivity index (χ3v) is 3.38. The molecule has 0 rings (SSSR count). The fraction of sp³-hybridized carbons (Fsp3) is 0.875. The van der Waals surface area contributed by atoms with Crippen LogP contribution in [0.2, 0.25) is 0 Å². The van der Waals surface area contributed by atoms with Gasteiger partial charge in [-0.3, -0.25) is 9.59 Å². The molecule has 0 radical (unpaired) electrons. The first-order chi connectivity index (χ1) is 9.61. The Morgan fingerprint density at radius 2 is 1.50 bits per heavy atom. The van der Waals surface area contributed by atoms with Crippen molar-refractivity contribution in [2.45, 2.75) is 71.6 Å². The second kappa shape index (κ2) is 12.9. The molecule has 0 unspecified atom stereocenters. The molecule has 118 valence electrons. The van der Waals surface area contributed by atoms with E-state index in [2.05, 4.69) is 6.92 Å². The zero-order valence-electron chi connectivity index (χ0n) is 13.5. The van der Waals surface area contributed by atoms with Crippen LogP contribution in [0.5, 0.6) is 0 Å². The van der Waals surface area contributed by atoms with Crippen LogP contribution in [-0.4, -0.2) is 37.0 Å². The summed E-state index contributed by atoms with van der Waals surface area (Å²) in [4.78, 5) is 24.7. The smallest absolute Gasteiger partial charge is 0.307 e. The summed E-state index contributed by atoms with van der Waals surface area (Å²) in [7, 11) is 1.75. The van der Waals surface area contributed by atoms with Crippen molar-refractivity contribution in [3.8, 4) is 0 Å². The highest BCUT2D eigenvalue weighted by Gasteiger charge is 2.10. The summed E-state index contributed by atoms with van der Waals surface area (Å²) in [5.41, 5.74) is 0. The van der Waals surface area contributed by atoms with Crippen molar-refractivity contribution in [3.63, 3.8) is 0 Å². The predicted octanol–water partition coefficient (Wildman–Crippen LogP) is 3.54. The highest BCUT2D eigenvalue weighted by molar-refractivity contribution is 5.76. The summed E-state index contributed by atoms with van der Waals surface area (Å²) in [6, 6.07) is 0. The molecule has 0 saturated heterocycles. The lowest BCUT2D eigenvalue weighted by Crippen LogP contribution is -2.29. The summed E-state index contributed by atoms with van der Waals surface area (Å²) in [6.07, 6.45) is 9.35. The Morgan fingerprint density at radius 1 is 0.900 bits per heavy atom. The Bertz CT molecular complexity index is 266. The number of nitrogens with zero attached hydrogens (tertiary/aromatic N) is 1. The first-order valence-electron chi connectivity index (χ1n) is 8.01. The van der Waals surface area contributed by atoms with Crippen molar-refractivity contribution >= 4 is 11.9 Å². The van der Waals surface area contributed by atoms with Crippen molar-refractivity contribution in [3.05, 3.63) is 0 Å². The van der Waals surface area contributed by atoms with Crippen LogP contribution in [0, 0.1) is 0 Å². The number of hydrogen-bond donors (Lipinski definition) is 0. The predicted molar refractivity (Wildman–Crippen MR) is 81.5 cm³/mol. The third-order valence-electron chi connectivity index (χ3n) is 3.38. The molecule has 0 aromatic rings. The van der Waals surface area contributed by atoms with Crippen LogP contribution in [0.15, 0.2) is 0 Å². The summed E-state index contributed by atoms with van der Waals surface area (Å²) in [5, 5.41) is 0. The van der Waals surface area contributed by atoms with Gasteiger partial charge in [0.1, 0.15) is 0 Å². The van der Waals surface area contributed by atoms with Crippen LogP contribution in [0.3, 0.4) is 0 Å². The first-order valence-corrected chi connectivity index (χ1v) is 8.01. The normalized spacial score (nSPS) is 10.3. The van der Waals surface area contributed by atoms with E-state index in [-0.39, 0.29) is 18.3 Å². The van der Waals surface area contributed by atoms with E-state index in [1.54, 1.807) is 18.9 Å². The maximum absolute atomic E-state index is 11.8. The lowest BCUT2D eigenvalue weighted by Gasteiger charge is -2.16. The van der Waals surface area contributed by atoms with Gasteiger partial charge in [-0.15, -0.1) is 0 Å². The van der Waals surface area contributed by atoms with E-state index in [0.29, 0.717) is 19.6 Å². The third kappa shape index (κ3) is 10.8. The maximum atomic E-state index is 11.8. The Morgan fingerprint density at radius 3 is 2.10 bits per heavy atom. The maximum Gasteiger partial charge on any atom is 0.307 e. The molecule has 0 fully saturated rings. The quantitative estimate of drug-likeness (QED) is 0.407. The summed E-state index contributed by atoms with van der Waals surface area (Å²) >= 11 is 0. The van der Waals surface area contributed by atoms with Crippen molar-refractivity contribution in [1.29, 1.82) is 0 Å². The van der Waals surface area contributed by atoms with Gasteiger partial charge < -0.3 is 9.64 Å². The van der Waals surface area contributed by atoms with E-state index >= 15 is 0 Å². The van der Waals surface area contributed by atoms with E-state index in [9.17, 15) is 9.59 Å². The lowest BCUT2D eigenvalue weighted by atomic mass is 10.1. The molecule has 0 N–H and O–H groups in total. The second-order valence-corrected chi connectivity index (χ2v) is 5.24. The van der Waals surface area contributed by atoms with Crippen molar-refractivity contribution in [1.82, 2.24) is 4.90 Å². The van der Waals surface area contributed by atoms with Crippen LogP contribution in [0.4, 0.5) is 0 Å². The molecule has 1 amide bonds. The molecule has 0 atom stereocenters. The average Bonchev–Trinajstić information content (AvgIpc) is 2.43. The summed E-state index contributed by atoms with van der Waals surface area (Å²) < 4.78 is 4.84. The molecule has 0 heterocycles. The van der Waals surface area contributed by atoms with Gasteiger partial charge in [-0.1, -0.05) is 45.4 Å². The SMILES string of the molecule is CCCCCCCCCC(=O)N(C)CCC(=O)OCC. The van der Waals surface area contributed by atoms with Gasteiger partial charge in [0.25, 0.3) is 0 Å². The molecule has 0 aliphatic carbocycles. The fourth-order valence-corrected chi connectivity index (χ4v) is 2.04. The number of rotatable bonds is 12. The molecule has 0 spiro atoms. The van der Waals surface area contributed by atoms with Crippen LogP contribution in [0.1, 0.15) is 71.6 Å². The van der Waals surface area contributed by atoms with Gasteiger partial charge in [0.05, 0.1) is 13.0 Å². The highest BCUT2D eigenvalue weighted by atomic mass is 16.5. The fourth-order valence-electron chi connectivity index (χ4n) is 2.04. The molecule has 0 saturated carbocycles. The molecule has 4 nitrogen and oxygen atoms in total. The average molecular weight is 285 g/mol. The van der Waals surface area contributed by atoms with E-state index in [1.807, 2.05) is 0 Å². The second-order valence-electron chi connectivity index (χ2n) is 5.24. The minimum Gasteiger partial charge on any atom is -0.466 e. The number of carbonyl (C=O) groups is 2. The molecule has 20 heavy (non-hydrogen) atoms. The first kappa shape index (κ1) is 18.9. The minimum atomic E-state index is -0.233. The molecular formula is C16H31NO3. The summed E-state index contributed by atoms with van der Waals surface area (Å²) in [5.74, 6) is -0.106. The Labute approximate surface area is 123 Å². The number of unbranched alkanes of at least 4 members (excludes halogenated alkanes) is 6. The Balaban J connectivity index is 3.52. The van der Waals surface area contributed by atoms with Crippen LogP contribution < -0.4 is 0 Å². The Kier molecular flexibility index (Phi) is 12.3. The van der Waals surface area contributed by atoms with Gasteiger partial charge in [0, 0.05) is 20.0 Å². The number of esters is 1. The van der Waals surface area contributed by atoms with Gasteiger partial charge in [-0.2, -0.15) is 0 Å². The minimum absolute atomic E-state index is 0.128. The van der Waals surface area contributed by atoms with Crippen LogP contribution >= 0.6 is 0 Å². The number of carbonyl (C=O) groups excluding carboxylic acids is 2. The van der Waals surface area contributed by atoms with E-state index in [1.165, 1.54) is 32.1 Å². The van der Waals surface area contributed by atoms with Gasteiger partial charge in [0.15, 0.2) is 0 Å². The molecular weight excluding hydrogens is 254 g/mol. The van der Waals surface area contributed by atoms with Crippen molar-refractivity contribution < 1.29 is 14.3 Å². The van der Waals surface area contributed by atoms with Crippen molar-refractivity contribution in [2.24, 2.45) is 0 Å². The molecule has 0 bridgehead atoms. The van der Waals surface area contributed by atoms with E-state index in [0.717, 1.165) is 12.8 Å². The molecule has 0 aliphatic heterocycles. The van der Waals surface area contributed by atoms with Crippen LogP contribution in [-0.2, 0) is 14.3 Å². The van der Waals surface area contributed by atoms with Gasteiger partial charge in [-0.05, 0) is 13.3 Å². The molecule has 4 heteroatoms. The number of ether oxygens (including phenoxy) is 1. The molecule has 0 aromatic heterocycles. The van der Waals surface area contributed by atoms with Crippen molar-refractivity contribution in [2.75, 3.05) is 20.2 Å². The molecule has 0 aromatic carbocycles. The monoisotopic (exact) mass is 285 g/mol. The number of amides is 1. The zero-order valence-corrected chi connectivity index (χ0v) is 13.5. The van der Waals surface area contributed by atoms with E-state index < -0.39 is 0 Å². The largest absolute Gasteiger partial charge is 0.466 e. The zero-order chi connectivity index (χ0) is 15.2. The highest BCUT2D eigenvalue weighted by Crippen LogP contribution is 2.09. The molecule has 0 aliphatic rings. The lowest BCUT2D eigenvalue weighted by molar-refractivity contribution is -0.143. The number of hydrogen-bond acceptors (Lipinski definition) is 3.